The normalized spacial score (nSPS) is 10.8. The Hall–Kier alpha value is -0.170. The van der Waals surface area contributed by atoms with E-state index >= 15 is 0 Å². The van der Waals surface area contributed by atoms with Gasteiger partial charge in [0.1, 0.15) is 5.69 Å². The van der Waals surface area contributed by atoms with Crippen LogP contribution < -0.4 is 0 Å². The number of aromatic nitrogens is 1. The van der Waals surface area contributed by atoms with Gasteiger partial charge in [-0.3, -0.25) is 0 Å². The second-order valence-corrected chi connectivity index (χ2v) is 3.49. The summed E-state index contributed by atoms with van der Waals surface area (Å²) in [6.07, 6.45) is -2.67. The Kier molecular flexibility index (Phi) is 3.05. The molecule has 0 spiro atoms. The number of rotatable bonds is 1. The van der Waals surface area contributed by atoms with Crippen molar-refractivity contribution in [3.8, 4) is 5.75 Å². The smallest absolute Gasteiger partial charge is 0.280 e. The van der Waals surface area contributed by atoms with Gasteiger partial charge in [0, 0.05) is 0 Å². The first-order valence-corrected chi connectivity index (χ1v) is 4.31. The molecule has 0 atom stereocenters. The van der Waals surface area contributed by atoms with Crippen LogP contribution in [-0.2, 0) is 0 Å². The molecule has 0 bridgehead atoms. The van der Waals surface area contributed by atoms with Crippen molar-refractivity contribution in [3.05, 3.63) is 20.5 Å². The molecule has 0 aliphatic carbocycles. The van der Waals surface area contributed by atoms with E-state index in [9.17, 15) is 8.78 Å². The summed E-state index contributed by atoms with van der Waals surface area (Å²) in [6, 6.07) is 1.09. The highest BCUT2D eigenvalue weighted by molar-refractivity contribution is 14.1. The highest BCUT2D eigenvalue weighted by atomic mass is 127. The second-order valence-electron chi connectivity index (χ2n) is 1.97. The lowest BCUT2D eigenvalue weighted by molar-refractivity contribution is 0.146. The molecular weight excluding hydrogens is 302 g/mol. The van der Waals surface area contributed by atoms with E-state index in [1.54, 1.807) is 22.6 Å². The summed E-state index contributed by atoms with van der Waals surface area (Å²) >= 11 is 7.07. The average molecular weight is 305 g/mol. The van der Waals surface area contributed by atoms with Gasteiger partial charge in [0.25, 0.3) is 6.43 Å². The predicted molar refractivity (Wildman–Crippen MR) is 48.6 cm³/mol. The quantitative estimate of drug-likeness (QED) is 0.639. The number of halogens is 4. The van der Waals surface area contributed by atoms with Crippen molar-refractivity contribution in [1.82, 2.24) is 4.98 Å². The summed E-state index contributed by atoms with van der Waals surface area (Å²) in [5.74, 6) is -0.262. The lowest BCUT2D eigenvalue weighted by Gasteiger charge is -2.02. The van der Waals surface area contributed by atoms with Crippen LogP contribution in [-0.4, -0.2) is 10.1 Å². The summed E-state index contributed by atoms with van der Waals surface area (Å²) in [7, 11) is 0. The number of hydrogen-bond donors (Lipinski definition) is 1. The Balaban J connectivity index is 3.21. The molecular formula is C6H3ClF2INO. The van der Waals surface area contributed by atoms with E-state index in [1.807, 2.05) is 0 Å². The summed E-state index contributed by atoms with van der Waals surface area (Å²) in [5, 5.41) is 8.77. The Labute approximate surface area is 85.7 Å². The highest BCUT2D eigenvalue weighted by Gasteiger charge is 2.14. The number of hydrogen-bond acceptors (Lipinski definition) is 2. The van der Waals surface area contributed by atoms with Gasteiger partial charge in [-0.25, -0.2) is 13.8 Å². The van der Waals surface area contributed by atoms with Crippen LogP contribution in [0.2, 0.25) is 5.15 Å². The van der Waals surface area contributed by atoms with Gasteiger partial charge >= 0.3 is 0 Å². The van der Waals surface area contributed by atoms with Gasteiger partial charge in [0.15, 0.2) is 10.9 Å². The maximum absolute atomic E-state index is 12.1. The molecule has 1 heterocycles. The second kappa shape index (κ2) is 3.69. The first-order valence-electron chi connectivity index (χ1n) is 2.85. The van der Waals surface area contributed by atoms with Crippen molar-refractivity contribution >= 4 is 34.2 Å². The fourth-order valence-corrected chi connectivity index (χ4v) is 1.54. The maximum atomic E-state index is 12.1. The molecule has 1 rings (SSSR count). The summed E-state index contributed by atoms with van der Waals surface area (Å²) in [6.45, 7) is 0. The minimum absolute atomic E-state index is 0.262. The van der Waals surface area contributed by atoms with Crippen LogP contribution in [0.25, 0.3) is 0 Å². The van der Waals surface area contributed by atoms with E-state index in [-0.39, 0.29) is 14.5 Å². The zero-order valence-corrected chi connectivity index (χ0v) is 8.47. The SMILES string of the molecule is Oc1c(I)cc(C(F)F)nc1Cl. The van der Waals surface area contributed by atoms with Crippen LogP contribution in [0.3, 0.4) is 0 Å². The molecule has 6 heteroatoms. The van der Waals surface area contributed by atoms with E-state index in [1.165, 1.54) is 0 Å². The molecule has 1 aromatic heterocycles. The predicted octanol–water partition coefficient (Wildman–Crippen LogP) is 2.98. The van der Waals surface area contributed by atoms with Gasteiger partial charge in [0.2, 0.25) is 0 Å². The molecule has 0 fully saturated rings. The first kappa shape index (κ1) is 9.91. The van der Waals surface area contributed by atoms with Crippen LogP contribution in [0.5, 0.6) is 5.75 Å². The zero-order chi connectivity index (χ0) is 9.30. The molecule has 0 radical (unpaired) electrons. The van der Waals surface area contributed by atoms with Crippen LogP contribution in [0.1, 0.15) is 12.1 Å². The lowest BCUT2D eigenvalue weighted by atomic mass is 10.3. The van der Waals surface area contributed by atoms with Gasteiger partial charge in [-0.1, -0.05) is 11.6 Å². The van der Waals surface area contributed by atoms with Crippen LogP contribution in [0.15, 0.2) is 6.07 Å². The summed E-state index contributed by atoms with van der Waals surface area (Å²) in [5.41, 5.74) is -0.429. The van der Waals surface area contributed by atoms with E-state index in [2.05, 4.69) is 4.98 Å². The molecule has 0 saturated heterocycles. The number of alkyl halides is 2. The molecule has 0 saturated carbocycles. The Morgan fingerprint density at radius 2 is 2.17 bits per heavy atom. The van der Waals surface area contributed by atoms with E-state index < -0.39 is 12.1 Å². The molecule has 1 N–H and O–H groups in total. The molecule has 0 unspecified atom stereocenters. The number of aromatic hydroxyl groups is 1. The third kappa shape index (κ3) is 1.95. The summed E-state index contributed by atoms with van der Waals surface area (Å²) in [4.78, 5) is 3.29. The molecule has 0 aliphatic rings. The first-order chi connectivity index (χ1) is 5.52. The van der Waals surface area contributed by atoms with Gasteiger partial charge in [-0.15, -0.1) is 0 Å². The topological polar surface area (TPSA) is 33.1 Å². The fraction of sp³-hybridized carbons (Fsp3) is 0.167. The van der Waals surface area contributed by atoms with Crippen molar-refractivity contribution in [2.75, 3.05) is 0 Å². The molecule has 12 heavy (non-hydrogen) atoms. The minimum Gasteiger partial charge on any atom is -0.504 e. The molecule has 1 aromatic rings. The average Bonchev–Trinajstić information content (AvgIpc) is 1.99. The van der Waals surface area contributed by atoms with Crippen molar-refractivity contribution in [3.63, 3.8) is 0 Å². The van der Waals surface area contributed by atoms with Crippen LogP contribution in [0, 0.1) is 3.57 Å². The van der Waals surface area contributed by atoms with Crippen molar-refractivity contribution in [2.24, 2.45) is 0 Å². The molecule has 66 valence electrons. The van der Waals surface area contributed by atoms with Crippen LogP contribution in [0.4, 0.5) is 8.78 Å². The van der Waals surface area contributed by atoms with E-state index in [0.717, 1.165) is 6.07 Å². The van der Waals surface area contributed by atoms with Crippen molar-refractivity contribution in [1.29, 1.82) is 0 Å². The largest absolute Gasteiger partial charge is 0.504 e. The Morgan fingerprint density at radius 3 is 2.58 bits per heavy atom. The fourth-order valence-electron chi connectivity index (χ4n) is 0.607. The van der Waals surface area contributed by atoms with Gasteiger partial charge in [-0.2, -0.15) is 0 Å². The number of nitrogens with zero attached hydrogens (tertiary/aromatic N) is 1. The zero-order valence-electron chi connectivity index (χ0n) is 5.56. The minimum atomic E-state index is -2.67. The maximum Gasteiger partial charge on any atom is 0.280 e. The van der Waals surface area contributed by atoms with E-state index in [0.29, 0.717) is 0 Å². The van der Waals surface area contributed by atoms with Crippen molar-refractivity contribution < 1.29 is 13.9 Å². The summed E-state index contributed by atoms with van der Waals surface area (Å²) < 4.78 is 24.4. The van der Waals surface area contributed by atoms with Gasteiger partial charge < -0.3 is 5.11 Å². The van der Waals surface area contributed by atoms with Gasteiger partial charge in [-0.05, 0) is 28.7 Å². The van der Waals surface area contributed by atoms with Gasteiger partial charge in [0.05, 0.1) is 3.57 Å². The molecule has 0 aromatic carbocycles. The monoisotopic (exact) mass is 305 g/mol. The Bertz CT molecular complexity index is 285. The molecule has 2 nitrogen and oxygen atoms in total. The van der Waals surface area contributed by atoms with E-state index in [4.69, 9.17) is 16.7 Å². The third-order valence-corrected chi connectivity index (χ3v) is 2.23. The Morgan fingerprint density at radius 1 is 1.58 bits per heavy atom. The van der Waals surface area contributed by atoms with Crippen molar-refractivity contribution in [2.45, 2.75) is 6.43 Å². The van der Waals surface area contributed by atoms with Crippen LogP contribution >= 0.6 is 34.2 Å². The third-order valence-electron chi connectivity index (χ3n) is 1.15. The lowest BCUT2D eigenvalue weighted by Crippen LogP contribution is -1.92. The number of pyridine rings is 1. The highest BCUT2D eigenvalue weighted by Crippen LogP contribution is 2.30. The molecule has 0 aliphatic heterocycles. The standard InChI is InChI=1S/C6H3ClF2INO/c7-5-4(12)2(10)1-3(11-5)6(8)9/h1,6,12H. The molecule has 0 amide bonds.